The minimum absolute atomic E-state index is 0.0315. The lowest BCUT2D eigenvalue weighted by molar-refractivity contribution is 0.0616. The molecular formula is C20H21FN2O3. The molecule has 0 saturated carbocycles. The van der Waals surface area contributed by atoms with Crippen LogP contribution in [0, 0.1) is 5.82 Å². The predicted molar refractivity (Wildman–Crippen MR) is 95.2 cm³/mol. The topological polar surface area (TPSA) is 55.6 Å². The van der Waals surface area contributed by atoms with E-state index in [0.717, 1.165) is 6.42 Å². The Balaban J connectivity index is 1.70. The summed E-state index contributed by atoms with van der Waals surface area (Å²) in [7, 11) is 0. The molecule has 2 aromatic rings. The van der Waals surface area contributed by atoms with Gasteiger partial charge in [0.2, 0.25) is 5.89 Å². The SMILES string of the molecule is C=CC[C@@H]1CC=C[C@@H](C)N1C(=O)c1coc(COc2ccccc2F)n1. The first-order chi connectivity index (χ1) is 12.6. The van der Waals surface area contributed by atoms with E-state index >= 15 is 0 Å². The highest BCUT2D eigenvalue weighted by Crippen LogP contribution is 2.23. The fourth-order valence-corrected chi connectivity index (χ4v) is 3.03. The van der Waals surface area contributed by atoms with Gasteiger partial charge in [0, 0.05) is 12.1 Å². The summed E-state index contributed by atoms with van der Waals surface area (Å²) in [5, 5.41) is 0. The Morgan fingerprint density at radius 2 is 2.31 bits per heavy atom. The van der Waals surface area contributed by atoms with Crippen molar-refractivity contribution in [3.05, 3.63) is 72.7 Å². The molecule has 2 atom stereocenters. The number of aromatic nitrogens is 1. The van der Waals surface area contributed by atoms with Crippen LogP contribution in [0.3, 0.4) is 0 Å². The lowest BCUT2D eigenvalue weighted by Crippen LogP contribution is -2.47. The molecule has 1 aliphatic heterocycles. The Kier molecular flexibility index (Phi) is 5.51. The van der Waals surface area contributed by atoms with E-state index in [-0.39, 0.29) is 41.9 Å². The summed E-state index contributed by atoms with van der Waals surface area (Å²) >= 11 is 0. The van der Waals surface area contributed by atoms with Gasteiger partial charge in [-0.25, -0.2) is 9.37 Å². The maximum absolute atomic E-state index is 13.6. The molecule has 0 fully saturated rings. The molecule has 1 aliphatic rings. The third-order valence-electron chi connectivity index (χ3n) is 4.29. The smallest absolute Gasteiger partial charge is 0.276 e. The average molecular weight is 356 g/mol. The van der Waals surface area contributed by atoms with Gasteiger partial charge in [0.25, 0.3) is 5.91 Å². The minimum atomic E-state index is -0.462. The Morgan fingerprint density at radius 1 is 1.50 bits per heavy atom. The van der Waals surface area contributed by atoms with E-state index in [1.807, 2.05) is 19.1 Å². The molecule has 1 aromatic heterocycles. The van der Waals surface area contributed by atoms with E-state index in [2.05, 4.69) is 17.6 Å². The molecule has 0 N–H and O–H groups in total. The molecular weight excluding hydrogens is 335 g/mol. The number of hydrogen-bond donors (Lipinski definition) is 0. The lowest BCUT2D eigenvalue weighted by atomic mass is 10.00. The van der Waals surface area contributed by atoms with Gasteiger partial charge in [0.05, 0.1) is 0 Å². The first kappa shape index (κ1) is 17.9. The van der Waals surface area contributed by atoms with Crippen molar-refractivity contribution in [3.63, 3.8) is 0 Å². The molecule has 3 rings (SSSR count). The molecule has 1 aromatic carbocycles. The van der Waals surface area contributed by atoms with Crippen LogP contribution in [0.1, 0.15) is 36.1 Å². The summed E-state index contributed by atoms with van der Waals surface area (Å²) in [6, 6.07) is 6.11. The standard InChI is InChI=1S/C20H21FN2O3/c1-3-7-15-9-6-8-14(2)23(15)20(24)17-12-26-19(22-17)13-25-18-11-5-4-10-16(18)21/h3-6,8,10-12,14-15H,1,7,9,13H2,2H3/t14-,15-/m1/s1. The number of nitrogens with zero attached hydrogens (tertiary/aromatic N) is 2. The molecule has 6 heteroatoms. The molecule has 0 radical (unpaired) electrons. The van der Waals surface area contributed by atoms with Gasteiger partial charge in [0.15, 0.2) is 23.9 Å². The second-order valence-corrected chi connectivity index (χ2v) is 6.14. The molecule has 0 unspecified atom stereocenters. The fourth-order valence-electron chi connectivity index (χ4n) is 3.03. The van der Waals surface area contributed by atoms with Crippen LogP contribution in [0.15, 0.2) is 59.8 Å². The van der Waals surface area contributed by atoms with Crippen LogP contribution in [0.25, 0.3) is 0 Å². The summed E-state index contributed by atoms with van der Waals surface area (Å²) in [6.07, 6.45) is 8.70. The van der Waals surface area contributed by atoms with E-state index in [1.54, 1.807) is 17.0 Å². The third kappa shape index (κ3) is 3.85. The quantitative estimate of drug-likeness (QED) is 0.731. The largest absolute Gasteiger partial charge is 0.481 e. The number of amides is 1. The van der Waals surface area contributed by atoms with Crippen molar-refractivity contribution < 1.29 is 18.3 Å². The van der Waals surface area contributed by atoms with E-state index in [4.69, 9.17) is 9.15 Å². The van der Waals surface area contributed by atoms with Crippen molar-refractivity contribution in [2.24, 2.45) is 0 Å². The van der Waals surface area contributed by atoms with Crippen LogP contribution in [0.5, 0.6) is 5.75 Å². The molecule has 0 spiro atoms. The Bertz CT molecular complexity index is 815. The summed E-state index contributed by atoms with van der Waals surface area (Å²) in [5.41, 5.74) is 0.216. The van der Waals surface area contributed by atoms with Crippen LogP contribution in [0.2, 0.25) is 0 Å². The molecule has 136 valence electrons. The second kappa shape index (κ2) is 7.99. The van der Waals surface area contributed by atoms with Crippen LogP contribution in [-0.4, -0.2) is 27.9 Å². The van der Waals surface area contributed by atoms with E-state index in [0.29, 0.717) is 6.42 Å². The highest BCUT2D eigenvalue weighted by atomic mass is 19.1. The van der Waals surface area contributed by atoms with Gasteiger partial charge in [-0.1, -0.05) is 30.4 Å². The van der Waals surface area contributed by atoms with Gasteiger partial charge in [-0.15, -0.1) is 6.58 Å². The normalized spacial score (nSPS) is 19.4. The van der Waals surface area contributed by atoms with Crippen molar-refractivity contribution in [1.29, 1.82) is 0 Å². The number of carbonyl (C=O) groups excluding carboxylic acids is 1. The number of halogens is 1. The number of para-hydroxylation sites is 1. The van der Waals surface area contributed by atoms with Crippen molar-refractivity contribution in [2.45, 2.75) is 38.5 Å². The van der Waals surface area contributed by atoms with Crippen molar-refractivity contribution in [1.82, 2.24) is 9.88 Å². The summed E-state index contributed by atoms with van der Waals surface area (Å²) in [6.45, 7) is 5.68. The molecule has 0 saturated heterocycles. The molecule has 2 heterocycles. The van der Waals surface area contributed by atoms with E-state index in [9.17, 15) is 9.18 Å². The first-order valence-corrected chi connectivity index (χ1v) is 8.52. The zero-order valence-corrected chi connectivity index (χ0v) is 14.6. The maximum Gasteiger partial charge on any atom is 0.276 e. The number of carbonyl (C=O) groups is 1. The molecule has 1 amide bonds. The summed E-state index contributed by atoms with van der Waals surface area (Å²) in [5.74, 6) is -0.331. The van der Waals surface area contributed by atoms with Gasteiger partial charge in [-0.2, -0.15) is 0 Å². The van der Waals surface area contributed by atoms with E-state index in [1.165, 1.54) is 18.4 Å². The van der Waals surface area contributed by atoms with Crippen LogP contribution < -0.4 is 4.74 Å². The van der Waals surface area contributed by atoms with Crippen LogP contribution in [0.4, 0.5) is 4.39 Å². The lowest BCUT2D eigenvalue weighted by Gasteiger charge is -2.36. The Morgan fingerprint density at radius 3 is 3.08 bits per heavy atom. The maximum atomic E-state index is 13.6. The molecule has 5 nitrogen and oxygen atoms in total. The van der Waals surface area contributed by atoms with Crippen molar-refractivity contribution in [2.75, 3.05) is 0 Å². The summed E-state index contributed by atoms with van der Waals surface area (Å²) < 4.78 is 24.3. The van der Waals surface area contributed by atoms with Gasteiger partial charge in [-0.05, 0) is 31.9 Å². The van der Waals surface area contributed by atoms with Crippen molar-refractivity contribution in [3.8, 4) is 5.75 Å². The molecule has 0 bridgehead atoms. The highest BCUT2D eigenvalue weighted by molar-refractivity contribution is 5.92. The van der Waals surface area contributed by atoms with Crippen LogP contribution in [-0.2, 0) is 6.61 Å². The van der Waals surface area contributed by atoms with Gasteiger partial charge in [0.1, 0.15) is 6.26 Å². The predicted octanol–water partition coefficient (Wildman–Crippen LogP) is 4.13. The zero-order valence-electron chi connectivity index (χ0n) is 14.6. The third-order valence-corrected chi connectivity index (χ3v) is 4.29. The number of ether oxygens (including phenoxy) is 1. The van der Waals surface area contributed by atoms with Gasteiger partial charge in [-0.3, -0.25) is 4.79 Å². The number of hydrogen-bond acceptors (Lipinski definition) is 4. The first-order valence-electron chi connectivity index (χ1n) is 8.52. The van der Waals surface area contributed by atoms with Crippen molar-refractivity contribution >= 4 is 5.91 Å². The number of oxazole rings is 1. The highest BCUT2D eigenvalue weighted by Gasteiger charge is 2.30. The molecule has 26 heavy (non-hydrogen) atoms. The molecule has 0 aliphatic carbocycles. The average Bonchev–Trinajstić information content (AvgIpc) is 3.10. The number of benzene rings is 1. The van der Waals surface area contributed by atoms with Crippen LogP contribution >= 0.6 is 0 Å². The van der Waals surface area contributed by atoms with Gasteiger partial charge >= 0.3 is 0 Å². The zero-order chi connectivity index (χ0) is 18.5. The monoisotopic (exact) mass is 356 g/mol. The Labute approximate surface area is 151 Å². The number of rotatable bonds is 6. The van der Waals surface area contributed by atoms with Gasteiger partial charge < -0.3 is 14.1 Å². The summed E-state index contributed by atoms with van der Waals surface area (Å²) in [4.78, 5) is 18.9. The minimum Gasteiger partial charge on any atom is -0.481 e. The Hall–Kier alpha value is -2.89. The second-order valence-electron chi connectivity index (χ2n) is 6.14. The fraction of sp³-hybridized carbons (Fsp3) is 0.300. The van der Waals surface area contributed by atoms with E-state index < -0.39 is 5.82 Å².